The Labute approximate surface area is 169 Å². The van der Waals surface area contributed by atoms with E-state index in [0.29, 0.717) is 5.92 Å². The Morgan fingerprint density at radius 2 is 2.00 bits per heavy atom. The molecule has 146 valence electrons. The van der Waals surface area contributed by atoms with Crippen molar-refractivity contribution in [2.75, 3.05) is 31.6 Å². The summed E-state index contributed by atoms with van der Waals surface area (Å²) in [6, 6.07) is 12.1. The van der Waals surface area contributed by atoms with Gasteiger partial charge in [-0.2, -0.15) is 5.10 Å². The third kappa shape index (κ3) is 3.34. The fourth-order valence-corrected chi connectivity index (χ4v) is 3.87. The maximum absolute atomic E-state index is 4.89. The molecule has 2 N–H and O–H groups in total. The van der Waals surface area contributed by atoms with E-state index in [1.165, 1.54) is 0 Å². The molecule has 7 heteroatoms. The summed E-state index contributed by atoms with van der Waals surface area (Å²) in [5, 5.41) is 10.6. The van der Waals surface area contributed by atoms with Crippen LogP contribution in [0.4, 0.5) is 5.69 Å². The minimum Gasteiger partial charge on any atom is -0.369 e. The number of nitrogens with one attached hydrogen (secondary N) is 2. The molecule has 5 heterocycles. The van der Waals surface area contributed by atoms with E-state index in [0.717, 1.165) is 64.7 Å². The van der Waals surface area contributed by atoms with Crippen molar-refractivity contribution >= 4 is 16.7 Å². The largest absolute Gasteiger partial charge is 0.369 e. The molecule has 0 unspecified atom stereocenters. The van der Waals surface area contributed by atoms with E-state index in [9.17, 15) is 0 Å². The van der Waals surface area contributed by atoms with Gasteiger partial charge in [-0.3, -0.25) is 15.1 Å². The summed E-state index contributed by atoms with van der Waals surface area (Å²) < 4.78 is 0. The van der Waals surface area contributed by atoms with E-state index < -0.39 is 0 Å². The Morgan fingerprint density at radius 1 is 1.10 bits per heavy atom. The van der Waals surface area contributed by atoms with Crippen LogP contribution in [0.5, 0.6) is 0 Å². The maximum atomic E-state index is 4.89. The Balaban J connectivity index is 1.48. The van der Waals surface area contributed by atoms with Gasteiger partial charge < -0.3 is 10.2 Å². The highest BCUT2D eigenvalue weighted by atomic mass is 15.2. The SMILES string of the molecule is CNCC1CN(c2cnc3ccc(-c4c[nH]nc4-c4cccc(C)n4)nc3c2)C1. The fraction of sp³-hybridized carbons (Fsp3) is 0.273. The summed E-state index contributed by atoms with van der Waals surface area (Å²) >= 11 is 0. The summed E-state index contributed by atoms with van der Waals surface area (Å²) in [5.41, 5.74) is 7.32. The lowest BCUT2D eigenvalue weighted by Crippen LogP contribution is -2.50. The molecule has 0 atom stereocenters. The molecule has 7 nitrogen and oxygen atoms in total. The molecule has 0 bridgehead atoms. The number of pyridine rings is 3. The third-order valence-electron chi connectivity index (χ3n) is 5.39. The topological polar surface area (TPSA) is 82.6 Å². The van der Waals surface area contributed by atoms with E-state index in [1.807, 2.05) is 56.7 Å². The van der Waals surface area contributed by atoms with Crippen LogP contribution in [0.25, 0.3) is 33.7 Å². The van der Waals surface area contributed by atoms with Crippen LogP contribution < -0.4 is 10.2 Å². The first-order chi connectivity index (χ1) is 14.2. The van der Waals surface area contributed by atoms with Gasteiger partial charge in [0.05, 0.1) is 34.3 Å². The van der Waals surface area contributed by atoms with Crippen molar-refractivity contribution < 1.29 is 0 Å². The molecule has 0 saturated carbocycles. The van der Waals surface area contributed by atoms with Crippen molar-refractivity contribution in [1.29, 1.82) is 0 Å². The molecule has 0 radical (unpaired) electrons. The smallest absolute Gasteiger partial charge is 0.120 e. The van der Waals surface area contributed by atoms with Crippen LogP contribution in [0.15, 0.2) is 48.8 Å². The average molecular weight is 385 g/mol. The monoisotopic (exact) mass is 385 g/mol. The number of rotatable bonds is 5. The van der Waals surface area contributed by atoms with Crippen molar-refractivity contribution in [3.63, 3.8) is 0 Å². The van der Waals surface area contributed by atoms with Crippen LogP contribution in [0.1, 0.15) is 5.69 Å². The number of hydrogen-bond donors (Lipinski definition) is 2. The molecular weight excluding hydrogens is 362 g/mol. The first-order valence-corrected chi connectivity index (χ1v) is 9.86. The molecule has 0 amide bonds. The van der Waals surface area contributed by atoms with Crippen molar-refractivity contribution in [2.24, 2.45) is 5.92 Å². The third-order valence-corrected chi connectivity index (χ3v) is 5.39. The van der Waals surface area contributed by atoms with Gasteiger partial charge in [-0.05, 0) is 44.3 Å². The van der Waals surface area contributed by atoms with Crippen molar-refractivity contribution in [2.45, 2.75) is 6.92 Å². The fourth-order valence-electron chi connectivity index (χ4n) is 3.87. The van der Waals surface area contributed by atoms with Crippen molar-refractivity contribution in [3.8, 4) is 22.6 Å². The molecule has 1 saturated heterocycles. The second kappa shape index (κ2) is 7.25. The zero-order valence-corrected chi connectivity index (χ0v) is 16.6. The molecule has 0 aliphatic carbocycles. The van der Waals surface area contributed by atoms with Gasteiger partial charge in [0.2, 0.25) is 0 Å². The van der Waals surface area contributed by atoms with Crippen LogP contribution in [0.2, 0.25) is 0 Å². The number of nitrogens with zero attached hydrogens (tertiary/aromatic N) is 5. The Hall–Kier alpha value is -3.32. The summed E-state index contributed by atoms with van der Waals surface area (Å²) in [7, 11) is 2.00. The summed E-state index contributed by atoms with van der Waals surface area (Å²) in [4.78, 5) is 16.5. The van der Waals surface area contributed by atoms with Gasteiger partial charge in [0, 0.05) is 43.0 Å². The Kier molecular flexibility index (Phi) is 4.44. The number of anilines is 1. The molecule has 0 aromatic carbocycles. The molecule has 29 heavy (non-hydrogen) atoms. The molecule has 0 spiro atoms. The Bertz CT molecular complexity index is 1160. The normalized spacial score (nSPS) is 14.3. The molecule has 1 aliphatic rings. The van der Waals surface area contributed by atoms with Crippen LogP contribution in [-0.4, -0.2) is 51.8 Å². The lowest BCUT2D eigenvalue weighted by Gasteiger charge is -2.40. The molecule has 1 aliphatic heterocycles. The highest BCUT2D eigenvalue weighted by Crippen LogP contribution is 2.30. The minimum atomic E-state index is 0.699. The van der Waals surface area contributed by atoms with E-state index in [1.54, 1.807) is 0 Å². The second-order valence-corrected chi connectivity index (χ2v) is 7.57. The molecule has 1 fully saturated rings. The molecule has 5 rings (SSSR count). The first-order valence-electron chi connectivity index (χ1n) is 9.86. The van der Waals surface area contributed by atoms with Crippen LogP contribution >= 0.6 is 0 Å². The van der Waals surface area contributed by atoms with E-state index in [-0.39, 0.29) is 0 Å². The Morgan fingerprint density at radius 3 is 2.83 bits per heavy atom. The van der Waals surface area contributed by atoms with E-state index in [4.69, 9.17) is 4.98 Å². The zero-order chi connectivity index (χ0) is 19.8. The maximum Gasteiger partial charge on any atom is 0.120 e. The van der Waals surface area contributed by atoms with Crippen molar-refractivity contribution in [1.82, 2.24) is 30.5 Å². The van der Waals surface area contributed by atoms with Gasteiger partial charge >= 0.3 is 0 Å². The number of H-pyrrole nitrogens is 1. The first kappa shape index (κ1) is 17.8. The molecular formula is C22H23N7. The van der Waals surface area contributed by atoms with Gasteiger partial charge in [0.1, 0.15) is 5.69 Å². The van der Waals surface area contributed by atoms with Gasteiger partial charge in [0.15, 0.2) is 0 Å². The van der Waals surface area contributed by atoms with Gasteiger partial charge in [-0.15, -0.1) is 0 Å². The summed E-state index contributed by atoms with van der Waals surface area (Å²) in [6.45, 7) is 5.14. The number of hydrogen-bond acceptors (Lipinski definition) is 6. The highest BCUT2D eigenvalue weighted by Gasteiger charge is 2.26. The second-order valence-electron chi connectivity index (χ2n) is 7.57. The number of fused-ring (bicyclic) bond motifs is 1. The van der Waals surface area contributed by atoms with E-state index >= 15 is 0 Å². The van der Waals surface area contributed by atoms with Crippen LogP contribution in [0, 0.1) is 12.8 Å². The van der Waals surface area contributed by atoms with Gasteiger partial charge in [-0.1, -0.05) is 6.07 Å². The van der Waals surface area contributed by atoms with Crippen LogP contribution in [0.3, 0.4) is 0 Å². The summed E-state index contributed by atoms with van der Waals surface area (Å²) in [5.74, 6) is 0.699. The standard InChI is InChI=1S/C22H23N7/c1-14-4-3-5-20(26-14)22-17(11-25-28-22)18-6-7-19-21(27-18)8-16(10-24-19)29-12-15(13-29)9-23-2/h3-8,10-11,15,23H,9,12-13H2,1-2H3,(H,25,28). The van der Waals surface area contributed by atoms with Gasteiger partial charge in [-0.25, -0.2) is 4.98 Å². The molecule has 4 aromatic rings. The van der Waals surface area contributed by atoms with E-state index in [2.05, 4.69) is 36.4 Å². The minimum absolute atomic E-state index is 0.699. The number of aromatic nitrogens is 5. The average Bonchev–Trinajstić information content (AvgIpc) is 3.19. The lowest BCUT2D eigenvalue weighted by molar-refractivity contribution is 0.397. The predicted octanol–water partition coefficient (Wildman–Crippen LogP) is 3.05. The molecule has 4 aromatic heterocycles. The predicted molar refractivity (Wildman–Crippen MR) is 115 cm³/mol. The zero-order valence-electron chi connectivity index (χ0n) is 16.6. The highest BCUT2D eigenvalue weighted by molar-refractivity contribution is 5.84. The van der Waals surface area contributed by atoms with Crippen LogP contribution in [-0.2, 0) is 0 Å². The quantitative estimate of drug-likeness (QED) is 0.549. The number of aromatic amines is 1. The van der Waals surface area contributed by atoms with Gasteiger partial charge in [0.25, 0.3) is 0 Å². The lowest BCUT2D eigenvalue weighted by atomic mass is 9.99. The van der Waals surface area contributed by atoms with Crippen molar-refractivity contribution in [3.05, 3.63) is 54.5 Å². The summed E-state index contributed by atoms with van der Waals surface area (Å²) in [6.07, 6.45) is 3.82. The number of aryl methyl sites for hydroxylation is 1.